The molecule has 0 aromatic heterocycles. The fourth-order valence-corrected chi connectivity index (χ4v) is 2.59. The van der Waals surface area contributed by atoms with Gasteiger partial charge in [0.2, 0.25) is 0 Å². The monoisotopic (exact) mass is 283 g/mol. The summed E-state index contributed by atoms with van der Waals surface area (Å²) in [5, 5.41) is 0. The number of ether oxygens (including phenoxy) is 1. The van der Waals surface area contributed by atoms with Crippen molar-refractivity contribution < 1.29 is 4.74 Å². The van der Waals surface area contributed by atoms with Gasteiger partial charge in [0.1, 0.15) is 12.4 Å². The van der Waals surface area contributed by atoms with Gasteiger partial charge in [-0.05, 0) is 55.6 Å². The Morgan fingerprint density at radius 1 is 1.14 bits per heavy atom. The average molecular weight is 283 g/mol. The van der Waals surface area contributed by atoms with Crippen LogP contribution in [0.1, 0.15) is 18.4 Å². The van der Waals surface area contributed by atoms with E-state index in [4.69, 9.17) is 4.74 Å². The minimum absolute atomic E-state index is 0.771. The van der Waals surface area contributed by atoms with E-state index < -0.39 is 0 Å². The highest BCUT2D eigenvalue weighted by atomic mass is 16.5. The number of benzene rings is 1. The Kier molecular flexibility index (Phi) is 6.29. The van der Waals surface area contributed by atoms with Gasteiger partial charge in [-0.15, -0.1) is 0 Å². The van der Waals surface area contributed by atoms with Crippen molar-refractivity contribution in [3.63, 3.8) is 0 Å². The largest absolute Gasteiger partial charge is 0.492 e. The molecule has 0 atom stereocenters. The molecule has 0 spiro atoms. The van der Waals surface area contributed by atoms with Crippen molar-refractivity contribution in [1.82, 2.24) is 4.90 Å². The van der Waals surface area contributed by atoms with E-state index in [-0.39, 0.29) is 0 Å². The Labute approximate surface area is 128 Å². The SMILES string of the molecule is C=C/C=C(\C=C)Cc1ccc(OCCN2CCCC2)cc1. The Bertz CT molecular complexity index is 481. The molecular weight excluding hydrogens is 258 g/mol. The molecule has 1 heterocycles. The highest BCUT2D eigenvalue weighted by Crippen LogP contribution is 2.16. The second-order valence-corrected chi connectivity index (χ2v) is 5.40. The predicted octanol–water partition coefficient (Wildman–Crippen LogP) is 4.00. The Balaban J connectivity index is 1.79. The first-order valence-electron chi connectivity index (χ1n) is 7.70. The van der Waals surface area contributed by atoms with Crippen molar-refractivity contribution in [2.45, 2.75) is 19.3 Å². The van der Waals surface area contributed by atoms with Crippen molar-refractivity contribution in [3.8, 4) is 5.75 Å². The number of likely N-dealkylation sites (tertiary alicyclic amines) is 1. The molecule has 1 aliphatic heterocycles. The average Bonchev–Trinajstić information content (AvgIpc) is 3.02. The van der Waals surface area contributed by atoms with Gasteiger partial charge in [-0.25, -0.2) is 0 Å². The first kappa shape index (κ1) is 15.6. The van der Waals surface area contributed by atoms with E-state index in [0.717, 1.165) is 25.3 Å². The Hall–Kier alpha value is -1.80. The summed E-state index contributed by atoms with van der Waals surface area (Å²) in [6.07, 6.45) is 9.21. The van der Waals surface area contributed by atoms with Crippen LogP contribution in [0, 0.1) is 0 Å². The highest BCUT2D eigenvalue weighted by Gasteiger charge is 2.10. The molecule has 21 heavy (non-hydrogen) atoms. The molecule has 0 bridgehead atoms. The van der Waals surface area contributed by atoms with E-state index in [2.05, 4.69) is 30.2 Å². The van der Waals surface area contributed by atoms with Crippen molar-refractivity contribution in [2.24, 2.45) is 0 Å². The topological polar surface area (TPSA) is 12.5 Å². The van der Waals surface area contributed by atoms with Gasteiger partial charge >= 0.3 is 0 Å². The lowest BCUT2D eigenvalue weighted by Crippen LogP contribution is -2.25. The van der Waals surface area contributed by atoms with Crippen LogP contribution < -0.4 is 4.74 Å². The zero-order chi connectivity index (χ0) is 14.9. The number of rotatable bonds is 8. The Morgan fingerprint density at radius 2 is 1.86 bits per heavy atom. The van der Waals surface area contributed by atoms with Gasteiger partial charge in [0.25, 0.3) is 0 Å². The fraction of sp³-hybridized carbons (Fsp3) is 0.368. The van der Waals surface area contributed by atoms with Gasteiger partial charge in [0.15, 0.2) is 0 Å². The molecule has 0 radical (unpaired) electrons. The standard InChI is InChI=1S/C19H25NO/c1-3-7-17(4-2)16-18-8-10-19(11-9-18)21-15-14-20-12-5-6-13-20/h3-4,7-11H,1-2,5-6,12-16H2/b17-7+. The molecule has 0 N–H and O–H groups in total. The zero-order valence-electron chi connectivity index (χ0n) is 12.8. The van der Waals surface area contributed by atoms with Crippen LogP contribution in [-0.4, -0.2) is 31.1 Å². The third-order valence-electron chi connectivity index (χ3n) is 3.80. The summed E-state index contributed by atoms with van der Waals surface area (Å²) in [7, 11) is 0. The number of hydrogen-bond acceptors (Lipinski definition) is 2. The molecule has 2 heteroatoms. The maximum Gasteiger partial charge on any atom is 0.119 e. The minimum Gasteiger partial charge on any atom is -0.492 e. The molecular formula is C19H25NO. The van der Waals surface area contributed by atoms with Crippen LogP contribution in [-0.2, 0) is 6.42 Å². The molecule has 1 fully saturated rings. The Morgan fingerprint density at radius 3 is 2.48 bits per heavy atom. The normalized spacial score (nSPS) is 15.9. The summed E-state index contributed by atoms with van der Waals surface area (Å²) in [6, 6.07) is 8.33. The van der Waals surface area contributed by atoms with Crippen LogP contribution in [0.5, 0.6) is 5.75 Å². The smallest absolute Gasteiger partial charge is 0.119 e. The molecule has 0 saturated carbocycles. The van der Waals surface area contributed by atoms with Crippen molar-refractivity contribution >= 4 is 0 Å². The van der Waals surface area contributed by atoms with Crippen LogP contribution in [0.2, 0.25) is 0 Å². The summed E-state index contributed by atoms with van der Waals surface area (Å²) < 4.78 is 5.81. The molecule has 112 valence electrons. The van der Waals surface area contributed by atoms with Crippen molar-refractivity contribution in [3.05, 3.63) is 66.8 Å². The predicted molar refractivity (Wildman–Crippen MR) is 89.8 cm³/mol. The molecule has 2 rings (SSSR count). The van der Waals surface area contributed by atoms with Gasteiger partial charge in [0.05, 0.1) is 0 Å². The zero-order valence-corrected chi connectivity index (χ0v) is 12.8. The molecule has 1 aromatic carbocycles. The lowest BCUT2D eigenvalue weighted by atomic mass is 10.0. The van der Waals surface area contributed by atoms with Gasteiger partial charge < -0.3 is 4.74 Å². The van der Waals surface area contributed by atoms with Gasteiger partial charge in [0, 0.05) is 6.54 Å². The third-order valence-corrected chi connectivity index (χ3v) is 3.80. The van der Waals surface area contributed by atoms with Crippen LogP contribution >= 0.6 is 0 Å². The van der Waals surface area contributed by atoms with Crippen LogP contribution in [0.25, 0.3) is 0 Å². The molecule has 2 nitrogen and oxygen atoms in total. The third kappa shape index (κ3) is 5.24. The second kappa shape index (κ2) is 8.48. The van der Waals surface area contributed by atoms with E-state index in [9.17, 15) is 0 Å². The van der Waals surface area contributed by atoms with Gasteiger partial charge in [-0.1, -0.05) is 43.5 Å². The summed E-state index contributed by atoms with van der Waals surface area (Å²) in [4.78, 5) is 2.46. The molecule has 0 aliphatic carbocycles. The van der Waals surface area contributed by atoms with E-state index in [1.54, 1.807) is 6.08 Å². The number of allylic oxidation sites excluding steroid dienone is 4. The lowest BCUT2D eigenvalue weighted by molar-refractivity contribution is 0.238. The molecule has 1 aromatic rings. The summed E-state index contributed by atoms with van der Waals surface area (Å²) in [5.74, 6) is 0.950. The maximum absolute atomic E-state index is 5.81. The number of nitrogens with zero attached hydrogens (tertiary/aromatic N) is 1. The van der Waals surface area contributed by atoms with Gasteiger partial charge in [-0.3, -0.25) is 4.90 Å². The summed E-state index contributed by atoms with van der Waals surface area (Å²) >= 11 is 0. The fourth-order valence-electron chi connectivity index (χ4n) is 2.59. The second-order valence-electron chi connectivity index (χ2n) is 5.40. The summed E-state index contributed by atoms with van der Waals surface area (Å²) in [5.41, 5.74) is 2.43. The van der Waals surface area contributed by atoms with E-state index in [0.29, 0.717) is 0 Å². The van der Waals surface area contributed by atoms with Crippen LogP contribution in [0.3, 0.4) is 0 Å². The van der Waals surface area contributed by atoms with Crippen LogP contribution in [0.15, 0.2) is 61.2 Å². The van der Waals surface area contributed by atoms with E-state index in [1.807, 2.05) is 24.3 Å². The highest BCUT2D eigenvalue weighted by molar-refractivity contribution is 5.33. The molecule has 0 unspecified atom stereocenters. The molecule has 0 amide bonds. The minimum atomic E-state index is 0.771. The van der Waals surface area contributed by atoms with E-state index >= 15 is 0 Å². The molecule has 1 saturated heterocycles. The van der Waals surface area contributed by atoms with Crippen molar-refractivity contribution in [1.29, 1.82) is 0 Å². The maximum atomic E-state index is 5.81. The molecule has 1 aliphatic rings. The van der Waals surface area contributed by atoms with Crippen LogP contribution in [0.4, 0.5) is 0 Å². The summed E-state index contributed by atoms with van der Waals surface area (Å²) in [6.45, 7) is 11.8. The van der Waals surface area contributed by atoms with Gasteiger partial charge in [-0.2, -0.15) is 0 Å². The van der Waals surface area contributed by atoms with Crippen molar-refractivity contribution in [2.75, 3.05) is 26.2 Å². The lowest BCUT2D eigenvalue weighted by Gasteiger charge is -2.15. The first-order valence-corrected chi connectivity index (χ1v) is 7.70. The first-order chi connectivity index (χ1) is 10.3. The quantitative estimate of drug-likeness (QED) is 0.669. The number of hydrogen-bond donors (Lipinski definition) is 0. The van der Waals surface area contributed by atoms with E-state index in [1.165, 1.54) is 37.1 Å².